The van der Waals surface area contributed by atoms with Crippen molar-refractivity contribution < 1.29 is 14.6 Å². The average molecular weight is 306 g/mol. The first-order chi connectivity index (χ1) is 10.2. The number of nitrogens with zero attached hydrogens (tertiary/aromatic N) is 3. The summed E-state index contributed by atoms with van der Waals surface area (Å²) in [6.45, 7) is 1.96. The lowest BCUT2D eigenvalue weighted by Crippen LogP contribution is -2.15. The van der Waals surface area contributed by atoms with Gasteiger partial charge in [-0.3, -0.25) is 4.79 Å². The van der Waals surface area contributed by atoms with E-state index >= 15 is 0 Å². The topological polar surface area (TPSA) is 97.2 Å². The molecule has 1 aromatic carbocycles. The van der Waals surface area contributed by atoms with Crippen molar-refractivity contribution in [3.63, 3.8) is 0 Å². The smallest absolute Gasteiger partial charge is 0.322 e. The standard InChI is InChI=1S/C13H14N4O3S/c1-2-20-12-15-11(14-8-10(18)19)16-13(17-12)21-9-6-4-3-5-7-9/h3-7H,2,8H2,1H3,(H,18,19)(H,14,15,16,17). The molecule has 7 nitrogen and oxygen atoms in total. The maximum Gasteiger partial charge on any atom is 0.322 e. The van der Waals surface area contributed by atoms with Gasteiger partial charge in [-0.25, -0.2) is 0 Å². The van der Waals surface area contributed by atoms with E-state index in [0.717, 1.165) is 4.90 Å². The molecule has 8 heteroatoms. The molecular weight excluding hydrogens is 292 g/mol. The zero-order chi connectivity index (χ0) is 15.1. The van der Waals surface area contributed by atoms with Gasteiger partial charge in [0.25, 0.3) is 0 Å². The number of hydrogen-bond donors (Lipinski definition) is 2. The molecule has 0 aliphatic heterocycles. The van der Waals surface area contributed by atoms with E-state index in [1.807, 2.05) is 37.3 Å². The van der Waals surface area contributed by atoms with Gasteiger partial charge < -0.3 is 15.2 Å². The summed E-state index contributed by atoms with van der Waals surface area (Å²) >= 11 is 1.35. The van der Waals surface area contributed by atoms with Gasteiger partial charge in [-0.2, -0.15) is 15.0 Å². The van der Waals surface area contributed by atoms with E-state index in [4.69, 9.17) is 9.84 Å². The van der Waals surface area contributed by atoms with Gasteiger partial charge in [0.1, 0.15) is 6.54 Å². The summed E-state index contributed by atoms with van der Waals surface area (Å²) in [6, 6.07) is 9.77. The molecule has 110 valence electrons. The summed E-state index contributed by atoms with van der Waals surface area (Å²) in [5, 5.41) is 11.7. The van der Waals surface area contributed by atoms with Crippen LogP contribution in [0.5, 0.6) is 6.01 Å². The van der Waals surface area contributed by atoms with Gasteiger partial charge in [-0.15, -0.1) is 0 Å². The third kappa shape index (κ3) is 4.92. The number of benzene rings is 1. The Balaban J connectivity index is 2.20. The molecule has 0 unspecified atom stereocenters. The summed E-state index contributed by atoms with van der Waals surface area (Å²) in [6.07, 6.45) is 0. The van der Waals surface area contributed by atoms with E-state index in [9.17, 15) is 4.79 Å². The fourth-order valence-corrected chi connectivity index (χ4v) is 2.16. The van der Waals surface area contributed by atoms with E-state index in [-0.39, 0.29) is 18.5 Å². The lowest BCUT2D eigenvalue weighted by atomic mass is 10.4. The first-order valence-corrected chi connectivity index (χ1v) is 7.06. The van der Waals surface area contributed by atoms with Gasteiger partial charge in [0.05, 0.1) is 6.61 Å². The highest BCUT2D eigenvalue weighted by Crippen LogP contribution is 2.25. The quantitative estimate of drug-likeness (QED) is 0.800. The Morgan fingerprint density at radius 2 is 2.05 bits per heavy atom. The van der Waals surface area contributed by atoms with Crippen molar-refractivity contribution in [1.82, 2.24) is 15.0 Å². The third-order valence-corrected chi connectivity index (χ3v) is 3.09. The second-order valence-corrected chi connectivity index (χ2v) is 4.86. The number of anilines is 1. The lowest BCUT2D eigenvalue weighted by Gasteiger charge is -2.07. The number of aromatic nitrogens is 3. The second-order valence-electron chi connectivity index (χ2n) is 3.82. The molecule has 0 fully saturated rings. The van der Waals surface area contributed by atoms with Crippen LogP contribution in [0.1, 0.15) is 6.92 Å². The molecular formula is C13H14N4O3S. The van der Waals surface area contributed by atoms with E-state index in [1.165, 1.54) is 11.8 Å². The van der Waals surface area contributed by atoms with Crippen LogP contribution in [-0.4, -0.2) is 39.2 Å². The van der Waals surface area contributed by atoms with Crippen LogP contribution in [0, 0.1) is 0 Å². The Bertz CT molecular complexity index is 610. The number of carboxylic acids is 1. The second kappa shape index (κ2) is 7.44. The highest BCUT2D eigenvalue weighted by atomic mass is 32.2. The maximum absolute atomic E-state index is 10.6. The minimum atomic E-state index is -0.995. The van der Waals surface area contributed by atoms with Crippen LogP contribution in [0.3, 0.4) is 0 Å². The summed E-state index contributed by atoms with van der Waals surface area (Å²) in [5.74, 6) is -0.820. The Hall–Kier alpha value is -2.35. The SMILES string of the molecule is CCOc1nc(NCC(=O)O)nc(Sc2ccccc2)n1. The first kappa shape index (κ1) is 15.0. The van der Waals surface area contributed by atoms with Crippen LogP contribution < -0.4 is 10.1 Å². The Kier molecular flexibility index (Phi) is 5.33. The minimum Gasteiger partial charge on any atom is -0.480 e. The van der Waals surface area contributed by atoms with E-state index < -0.39 is 5.97 Å². The van der Waals surface area contributed by atoms with Gasteiger partial charge in [0.15, 0.2) is 0 Å². The first-order valence-electron chi connectivity index (χ1n) is 6.25. The molecule has 2 rings (SSSR count). The molecule has 1 aromatic heterocycles. The van der Waals surface area contributed by atoms with E-state index in [0.29, 0.717) is 11.8 Å². The van der Waals surface area contributed by atoms with Crippen LogP contribution in [0.25, 0.3) is 0 Å². The molecule has 0 saturated carbocycles. The zero-order valence-corrected chi connectivity index (χ0v) is 12.1. The molecule has 0 spiro atoms. The molecule has 0 atom stereocenters. The largest absolute Gasteiger partial charge is 0.480 e. The zero-order valence-electron chi connectivity index (χ0n) is 11.3. The van der Waals surface area contributed by atoms with Crippen LogP contribution in [0.2, 0.25) is 0 Å². The molecule has 0 aliphatic rings. The van der Waals surface area contributed by atoms with Gasteiger partial charge in [-0.1, -0.05) is 18.2 Å². The van der Waals surface area contributed by atoms with Crippen molar-refractivity contribution in [1.29, 1.82) is 0 Å². The van der Waals surface area contributed by atoms with Crippen molar-refractivity contribution in [3.8, 4) is 6.01 Å². The molecule has 2 N–H and O–H groups in total. The third-order valence-electron chi connectivity index (χ3n) is 2.22. The van der Waals surface area contributed by atoms with Crippen LogP contribution in [0.15, 0.2) is 40.4 Å². The van der Waals surface area contributed by atoms with E-state index in [1.54, 1.807) is 0 Å². The fraction of sp³-hybridized carbons (Fsp3) is 0.231. The van der Waals surface area contributed by atoms with Crippen LogP contribution >= 0.6 is 11.8 Å². The van der Waals surface area contributed by atoms with Crippen molar-refractivity contribution in [2.45, 2.75) is 17.0 Å². The minimum absolute atomic E-state index is 0.166. The normalized spacial score (nSPS) is 10.1. The number of ether oxygens (including phenoxy) is 1. The molecule has 1 heterocycles. The van der Waals surface area contributed by atoms with Gasteiger partial charge in [0, 0.05) is 4.90 Å². The Morgan fingerprint density at radius 3 is 2.71 bits per heavy atom. The molecule has 21 heavy (non-hydrogen) atoms. The maximum atomic E-state index is 10.6. The number of carboxylic acid groups (broad SMARTS) is 1. The summed E-state index contributed by atoms with van der Waals surface area (Å²) in [7, 11) is 0. The predicted molar refractivity (Wildman–Crippen MR) is 77.7 cm³/mol. The number of carbonyl (C=O) groups is 1. The molecule has 0 bridgehead atoms. The molecule has 0 radical (unpaired) electrons. The van der Waals surface area contributed by atoms with Gasteiger partial charge >= 0.3 is 12.0 Å². The summed E-state index contributed by atoms with van der Waals surface area (Å²) in [4.78, 5) is 23.9. The molecule has 0 saturated heterocycles. The fourth-order valence-electron chi connectivity index (χ4n) is 1.40. The van der Waals surface area contributed by atoms with E-state index in [2.05, 4.69) is 20.3 Å². The van der Waals surface area contributed by atoms with Crippen molar-refractivity contribution in [2.24, 2.45) is 0 Å². The summed E-state index contributed by atoms with van der Waals surface area (Å²) < 4.78 is 5.27. The highest BCUT2D eigenvalue weighted by molar-refractivity contribution is 7.99. The number of hydrogen-bond acceptors (Lipinski definition) is 7. The number of nitrogens with one attached hydrogen (secondary N) is 1. The van der Waals surface area contributed by atoms with Gasteiger partial charge in [0.2, 0.25) is 11.1 Å². The molecule has 0 amide bonds. The molecule has 0 aliphatic carbocycles. The van der Waals surface area contributed by atoms with Crippen molar-refractivity contribution in [2.75, 3.05) is 18.5 Å². The van der Waals surface area contributed by atoms with Crippen LogP contribution in [0.4, 0.5) is 5.95 Å². The summed E-state index contributed by atoms with van der Waals surface area (Å²) in [5.41, 5.74) is 0. The Morgan fingerprint density at radius 1 is 1.29 bits per heavy atom. The van der Waals surface area contributed by atoms with Gasteiger partial charge in [-0.05, 0) is 30.8 Å². The van der Waals surface area contributed by atoms with Crippen molar-refractivity contribution in [3.05, 3.63) is 30.3 Å². The molecule has 2 aromatic rings. The number of aliphatic carboxylic acids is 1. The van der Waals surface area contributed by atoms with Crippen LogP contribution in [-0.2, 0) is 4.79 Å². The average Bonchev–Trinajstić information content (AvgIpc) is 2.46. The number of rotatable bonds is 7. The monoisotopic (exact) mass is 306 g/mol. The highest BCUT2D eigenvalue weighted by Gasteiger charge is 2.09. The lowest BCUT2D eigenvalue weighted by molar-refractivity contribution is -0.134. The Labute approximate surface area is 125 Å². The predicted octanol–water partition coefficient (Wildman–Crippen LogP) is 1.92. The van der Waals surface area contributed by atoms with Crippen molar-refractivity contribution >= 4 is 23.7 Å².